The first-order chi connectivity index (χ1) is 11.5. The summed E-state index contributed by atoms with van der Waals surface area (Å²) in [6.45, 7) is 3.89. The van der Waals surface area contributed by atoms with Crippen molar-refractivity contribution in [3.63, 3.8) is 0 Å². The van der Waals surface area contributed by atoms with Crippen molar-refractivity contribution in [2.24, 2.45) is 5.92 Å². The predicted octanol–water partition coefficient (Wildman–Crippen LogP) is 4.16. The van der Waals surface area contributed by atoms with Gasteiger partial charge >= 0.3 is 0 Å². The molecule has 0 aliphatic carbocycles. The van der Waals surface area contributed by atoms with Gasteiger partial charge < -0.3 is 0 Å². The number of ketones is 1. The van der Waals surface area contributed by atoms with Crippen LogP contribution in [0.2, 0.25) is 0 Å². The molecule has 1 heterocycles. The molecule has 2 nitrogen and oxygen atoms in total. The second kappa shape index (κ2) is 7.22. The van der Waals surface area contributed by atoms with Gasteiger partial charge in [-0.1, -0.05) is 36.4 Å². The quantitative estimate of drug-likeness (QED) is 0.839. The fourth-order valence-electron chi connectivity index (χ4n) is 3.57. The summed E-state index contributed by atoms with van der Waals surface area (Å²) < 4.78 is 26.9. The Morgan fingerprint density at radius 3 is 2.54 bits per heavy atom. The van der Waals surface area contributed by atoms with E-state index in [0.717, 1.165) is 25.6 Å². The number of hydrogen-bond donors (Lipinski definition) is 0. The molecule has 1 saturated heterocycles. The Kier molecular flexibility index (Phi) is 5.05. The molecule has 0 radical (unpaired) electrons. The number of Topliss-reactive ketones (excluding diaryl/α,β-unsaturated/α-hetero) is 1. The van der Waals surface area contributed by atoms with Gasteiger partial charge in [-0.05, 0) is 43.1 Å². The molecule has 0 spiro atoms. The normalized spacial score (nSPS) is 21.6. The summed E-state index contributed by atoms with van der Waals surface area (Å²) in [7, 11) is 0. The Morgan fingerprint density at radius 1 is 1.12 bits per heavy atom. The lowest BCUT2D eigenvalue weighted by Gasteiger charge is -2.38. The molecule has 0 saturated carbocycles. The van der Waals surface area contributed by atoms with E-state index in [1.807, 2.05) is 18.2 Å². The number of rotatable bonds is 4. The predicted molar refractivity (Wildman–Crippen MR) is 89.6 cm³/mol. The first-order valence-corrected chi connectivity index (χ1v) is 8.26. The van der Waals surface area contributed by atoms with Gasteiger partial charge in [0.2, 0.25) is 0 Å². The molecule has 24 heavy (non-hydrogen) atoms. The molecule has 0 aromatic heterocycles. The Morgan fingerprint density at radius 2 is 1.88 bits per heavy atom. The SMILES string of the molecule is CC(=O)C1CCN(Cc2ccccc2)CC1c1ccc(F)c(F)c1. The van der Waals surface area contributed by atoms with E-state index in [-0.39, 0.29) is 17.6 Å². The smallest absolute Gasteiger partial charge is 0.159 e. The first kappa shape index (κ1) is 16.8. The van der Waals surface area contributed by atoms with Crippen molar-refractivity contribution < 1.29 is 13.6 Å². The Hall–Kier alpha value is -2.07. The van der Waals surface area contributed by atoms with Crippen LogP contribution in [-0.2, 0) is 11.3 Å². The van der Waals surface area contributed by atoms with E-state index in [0.29, 0.717) is 12.1 Å². The molecule has 0 amide bonds. The molecule has 0 bridgehead atoms. The van der Waals surface area contributed by atoms with Crippen LogP contribution in [0.25, 0.3) is 0 Å². The highest BCUT2D eigenvalue weighted by Crippen LogP contribution is 2.34. The summed E-state index contributed by atoms with van der Waals surface area (Å²) in [5.74, 6) is -1.83. The van der Waals surface area contributed by atoms with Crippen molar-refractivity contribution in [1.82, 2.24) is 4.90 Å². The summed E-state index contributed by atoms with van der Waals surface area (Å²) in [6.07, 6.45) is 0.742. The van der Waals surface area contributed by atoms with Gasteiger partial charge in [-0.15, -0.1) is 0 Å². The molecule has 4 heteroatoms. The van der Waals surface area contributed by atoms with Gasteiger partial charge in [0.15, 0.2) is 11.6 Å². The second-order valence-electron chi connectivity index (χ2n) is 6.51. The van der Waals surface area contributed by atoms with Gasteiger partial charge in [0.25, 0.3) is 0 Å². The lowest BCUT2D eigenvalue weighted by Crippen LogP contribution is -2.41. The average Bonchev–Trinajstić information content (AvgIpc) is 2.58. The molecule has 2 aromatic rings. The Labute approximate surface area is 141 Å². The molecule has 1 fully saturated rings. The number of hydrogen-bond acceptors (Lipinski definition) is 2. The third kappa shape index (κ3) is 3.70. The van der Waals surface area contributed by atoms with Gasteiger partial charge in [-0.2, -0.15) is 0 Å². The van der Waals surface area contributed by atoms with Crippen molar-refractivity contribution in [3.8, 4) is 0 Å². The number of carbonyl (C=O) groups is 1. The van der Waals surface area contributed by atoms with Crippen LogP contribution < -0.4 is 0 Å². The number of benzene rings is 2. The van der Waals surface area contributed by atoms with E-state index in [1.54, 1.807) is 13.0 Å². The van der Waals surface area contributed by atoms with Crippen LogP contribution in [0.5, 0.6) is 0 Å². The Balaban J connectivity index is 1.82. The van der Waals surface area contributed by atoms with Crippen LogP contribution in [-0.4, -0.2) is 23.8 Å². The molecule has 126 valence electrons. The van der Waals surface area contributed by atoms with Gasteiger partial charge in [0, 0.05) is 24.9 Å². The third-order valence-electron chi connectivity index (χ3n) is 4.84. The minimum Gasteiger partial charge on any atom is -0.300 e. The zero-order valence-corrected chi connectivity index (χ0v) is 13.7. The summed E-state index contributed by atoms with van der Waals surface area (Å²) in [6, 6.07) is 14.1. The first-order valence-electron chi connectivity index (χ1n) is 8.26. The van der Waals surface area contributed by atoms with Gasteiger partial charge in [0.1, 0.15) is 5.78 Å². The molecular weight excluding hydrogens is 308 g/mol. The zero-order chi connectivity index (χ0) is 17.1. The highest BCUT2D eigenvalue weighted by Gasteiger charge is 2.33. The average molecular weight is 329 g/mol. The van der Waals surface area contributed by atoms with Gasteiger partial charge in [0.05, 0.1) is 0 Å². The number of nitrogens with zero attached hydrogens (tertiary/aromatic N) is 1. The topological polar surface area (TPSA) is 20.3 Å². The number of halogens is 2. The molecular formula is C20H21F2NO. The van der Waals surface area contributed by atoms with Crippen LogP contribution >= 0.6 is 0 Å². The minimum atomic E-state index is -0.852. The van der Waals surface area contributed by atoms with Crippen molar-refractivity contribution in [3.05, 3.63) is 71.3 Å². The van der Waals surface area contributed by atoms with Crippen molar-refractivity contribution in [1.29, 1.82) is 0 Å². The maximum absolute atomic E-state index is 13.6. The molecule has 0 N–H and O–H groups in total. The van der Waals surface area contributed by atoms with Crippen LogP contribution in [0, 0.1) is 17.6 Å². The van der Waals surface area contributed by atoms with Crippen LogP contribution in [0.1, 0.15) is 30.4 Å². The van der Waals surface area contributed by atoms with Crippen molar-refractivity contribution >= 4 is 5.78 Å². The highest BCUT2D eigenvalue weighted by atomic mass is 19.2. The molecule has 1 aliphatic heterocycles. The minimum absolute atomic E-state index is 0.102. The zero-order valence-electron chi connectivity index (χ0n) is 13.7. The third-order valence-corrected chi connectivity index (χ3v) is 4.84. The molecule has 2 aromatic carbocycles. The summed E-state index contributed by atoms with van der Waals surface area (Å²) in [5.41, 5.74) is 1.91. The van der Waals surface area contributed by atoms with E-state index in [2.05, 4.69) is 17.0 Å². The maximum atomic E-state index is 13.6. The lowest BCUT2D eigenvalue weighted by molar-refractivity contribution is -0.122. The van der Waals surface area contributed by atoms with Crippen molar-refractivity contribution in [2.45, 2.75) is 25.8 Å². The number of likely N-dealkylation sites (tertiary alicyclic amines) is 1. The monoisotopic (exact) mass is 329 g/mol. The summed E-state index contributed by atoms with van der Waals surface area (Å²) in [4.78, 5) is 14.3. The second-order valence-corrected chi connectivity index (χ2v) is 6.51. The highest BCUT2D eigenvalue weighted by molar-refractivity contribution is 5.79. The molecule has 2 unspecified atom stereocenters. The molecule has 2 atom stereocenters. The fraction of sp³-hybridized carbons (Fsp3) is 0.350. The van der Waals surface area contributed by atoms with E-state index in [9.17, 15) is 13.6 Å². The number of piperidine rings is 1. The standard InChI is InChI=1S/C20H21F2NO/c1-14(24)17-9-10-23(12-15-5-3-2-4-6-15)13-18(17)16-7-8-19(21)20(22)11-16/h2-8,11,17-18H,9-10,12-13H2,1H3. The van der Waals surface area contributed by atoms with Crippen molar-refractivity contribution in [2.75, 3.05) is 13.1 Å². The molecule has 3 rings (SSSR count). The number of carbonyl (C=O) groups excluding carboxylic acids is 1. The van der Waals surface area contributed by atoms with E-state index in [1.165, 1.54) is 11.6 Å². The fourth-order valence-corrected chi connectivity index (χ4v) is 3.57. The van der Waals surface area contributed by atoms with E-state index in [4.69, 9.17) is 0 Å². The van der Waals surface area contributed by atoms with E-state index >= 15 is 0 Å². The lowest BCUT2D eigenvalue weighted by atomic mass is 9.78. The largest absolute Gasteiger partial charge is 0.300 e. The van der Waals surface area contributed by atoms with Gasteiger partial charge in [-0.25, -0.2) is 8.78 Å². The van der Waals surface area contributed by atoms with E-state index < -0.39 is 11.6 Å². The van der Waals surface area contributed by atoms with Crippen LogP contribution in [0.15, 0.2) is 48.5 Å². The van der Waals surface area contributed by atoms with Crippen LogP contribution in [0.3, 0.4) is 0 Å². The van der Waals surface area contributed by atoms with Crippen LogP contribution in [0.4, 0.5) is 8.78 Å². The summed E-state index contributed by atoms with van der Waals surface area (Å²) >= 11 is 0. The maximum Gasteiger partial charge on any atom is 0.159 e. The molecule has 1 aliphatic rings. The Bertz CT molecular complexity index is 717. The van der Waals surface area contributed by atoms with Gasteiger partial charge in [-0.3, -0.25) is 9.69 Å². The summed E-state index contributed by atoms with van der Waals surface area (Å²) in [5, 5.41) is 0.